The summed E-state index contributed by atoms with van der Waals surface area (Å²) in [6.07, 6.45) is 0. The van der Waals surface area contributed by atoms with Crippen LogP contribution in [-0.4, -0.2) is 4.98 Å². The van der Waals surface area contributed by atoms with E-state index in [1.54, 1.807) is 12.1 Å². The minimum atomic E-state index is -0.0406. The standard InChI is InChI=1S/C19H11NO2/c21-11-8-9-13-17(10-11)22-16-7-3-6-15-19(16)18(13)12-4-1-2-5-14(12)20-15/h1-10,20H. The Bertz CT molecular complexity index is 1240. The molecule has 0 saturated carbocycles. The molecule has 0 aliphatic heterocycles. The highest BCUT2D eigenvalue weighted by molar-refractivity contribution is 6.26. The van der Waals surface area contributed by atoms with Crippen molar-refractivity contribution in [2.24, 2.45) is 0 Å². The van der Waals surface area contributed by atoms with Crippen molar-refractivity contribution in [3.63, 3.8) is 0 Å². The van der Waals surface area contributed by atoms with E-state index < -0.39 is 0 Å². The van der Waals surface area contributed by atoms with Gasteiger partial charge in [-0.15, -0.1) is 0 Å². The third-order valence-electron chi connectivity index (χ3n) is 4.18. The van der Waals surface area contributed by atoms with E-state index in [1.807, 2.05) is 36.4 Å². The molecule has 3 nitrogen and oxygen atoms in total. The van der Waals surface area contributed by atoms with Crippen molar-refractivity contribution in [3.05, 3.63) is 70.9 Å². The van der Waals surface area contributed by atoms with Crippen LogP contribution in [0.5, 0.6) is 0 Å². The Morgan fingerprint density at radius 2 is 1.59 bits per heavy atom. The number of fused-ring (bicyclic) bond motifs is 4. The summed E-state index contributed by atoms with van der Waals surface area (Å²) in [6, 6.07) is 19.1. The summed E-state index contributed by atoms with van der Waals surface area (Å²) in [5, 5.41) is 4.28. The highest BCUT2D eigenvalue weighted by Gasteiger charge is 2.13. The number of hydrogen-bond donors (Lipinski definition) is 1. The zero-order valence-electron chi connectivity index (χ0n) is 11.6. The van der Waals surface area contributed by atoms with Crippen molar-refractivity contribution in [3.8, 4) is 0 Å². The Kier molecular flexibility index (Phi) is 2.09. The molecule has 0 bridgehead atoms. The lowest BCUT2D eigenvalue weighted by Gasteiger charge is -2.11. The van der Waals surface area contributed by atoms with Gasteiger partial charge >= 0.3 is 0 Å². The van der Waals surface area contributed by atoms with Crippen LogP contribution in [0.1, 0.15) is 0 Å². The summed E-state index contributed by atoms with van der Waals surface area (Å²) in [7, 11) is 0. The Morgan fingerprint density at radius 1 is 0.727 bits per heavy atom. The number of rotatable bonds is 0. The second-order valence-corrected chi connectivity index (χ2v) is 5.48. The molecule has 2 heterocycles. The van der Waals surface area contributed by atoms with Crippen LogP contribution in [0.25, 0.3) is 43.7 Å². The van der Waals surface area contributed by atoms with Gasteiger partial charge in [0.1, 0.15) is 11.2 Å². The molecule has 0 fully saturated rings. The fourth-order valence-corrected chi connectivity index (χ4v) is 3.26. The van der Waals surface area contributed by atoms with Crippen molar-refractivity contribution in [1.29, 1.82) is 0 Å². The van der Waals surface area contributed by atoms with E-state index in [1.165, 1.54) is 0 Å². The molecule has 0 spiro atoms. The number of nitrogens with one attached hydrogen (secondary N) is 1. The molecule has 0 radical (unpaired) electrons. The SMILES string of the molecule is O=c1ccc2c(c1)oc1cccc3[nH]c4ccccc4c2c31. The van der Waals surface area contributed by atoms with Crippen LogP contribution in [-0.2, 0) is 0 Å². The predicted molar refractivity (Wildman–Crippen MR) is 89.4 cm³/mol. The highest BCUT2D eigenvalue weighted by Crippen LogP contribution is 2.36. The Hall–Kier alpha value is -3.07. The number of pyridine rings is 1. The van der Waals surface area contributed by atoms with Gasteiger partial charge in [0.15, 0.2) is 5.43 Å². The number of H-pyrrole nitrogens is 1. The van der Waals surface area contributed by atoms with Crippen LogP contribution >= 0.6 is 0 Å². The molecular weight excluding hydrogens is 274 g/mol. The molecule has 5 aromatic rings. The summed E-state index contributed by atoms with van der Waals surface area (Å²) in [4.78, 5) is 15.1. The van der Waals surface area contributed by atoms with Gasteiger partial charge in [-0.1, -0.05) is 24.3 Å². The van der Waals surface area contributed by atoms with Crippen LogP contribution < -0.4 is 5.43 Å². The zero-order valence-corrected chi connectivity index (χ0v) is 11.6. The first-order valence-corrected chi connectivity index (χ1v) is 7.17. The molecule has 0 saturated heterocycles. The lowest BCUT2D eigenvalue weighted by Crippen LogP contribution is -1.95. The molecule has 3 aromatic carbocycles. The summed E-state index contributed by atoms with van der Waals surface area (Å²) < 4.78 is 5.96. The normalized spacial score (nSPS) is 11.8. The largest absolute Gasteiger partial charge is 0.456 e. The second-order valence-electron chi connectivity index (χ2n) is 5.48. The monoisotopic (exact) mass is 285 g/mol. The second kappa shape index (κ2) is 3.98. The summed E-state index contributed by atoms with van der Waals surface area (Å²) in [5.74, 6) is 0. The van der Waals surface area contributed by atoms with Crippen LogP contribution in [0.3, 0.4) is 0 Å². The highest BCUT2D eigenvalue weighted by atomic mass is 16.3. The van der Waals surface area contributed by atoms with Gasteiger partial charge in [-0.05, 0) is 30.3 Å². The van der Waals surface area contributed by atoms with Crippen molar-refractivity contribution < 1.29 is 4.42 Å². The van der Waals surface area contributed by atoms with Gasteiger partial charge in [0, 0.05) is 33.1 Å². The number of para-hydroxylation sites is 1. The van der Waals surface area contributed by atoms with Crippen LogP contribution in [0.15, 0.2) is 69.9 Å². The first-order valence-electron chi connectivity index (χ1n) is 7.17. The van der Waals surface area contributed by atoms with Crippen LogP contribution in [0.2, 0.25) is 0 Å². The molecular formula is C19H11NO2. The van der Waals surface area contributed by atoms with E-state index in [0.717, 1.165) is 38.2 Å². The number of aromatic amines is 1. The maximum Gasteiger partial charge on any atom is 0.182 e. The van der Waals surface area contributed by atoms with E-state index >= 15 is 0 Å². The average Bonchev–Trinajstić information content (AvgIpc) is 2.54. The minimum Gasteiger partial charge on any atom is -0.456 e. The topological polar surface area (TPSA) is 46.0 Å². The van der Waals surface area contributed by atoms with Gasteiger partial charge in [0.05, 0.1) is 5.52 Å². The van der Waals surface area contributed by atoms with Crippen molar-refractivity contribution in [2.75, 3.05) is 0 Å². The first-order chi connectivity index (χ1) is 10.8. The van der Waals surface area contributed by atoms with E-state index in [9.17, 15) is 4.79 Å². The maximum atomic E-state index is 11.7. The lowest BCUT2D eigenvalue weighted by molar-refractivity contribution is 0.661. The van der Waals surface area contributed by atoms with Crippen molar-refractivity contribution in [1.82, 2.24) is 4.98 Å². The number of aromatic nitrogens is 1. The molecule has 2 aromatic heterocycles. The fourth-order valence-electron chi connectivity index (χ4n) is 3.26. The van der Waals surface area contributed by atoms with Gasteiger partial charge in [-0.25, -0.2) is 0 Å². The first kappa shape index (κ1) is 11.6. The van der Waals surface area contributed by atoms with E-state index in [-0.39, 0.29) is 5.43 Å². The average molecular weight is 285 g/mol. The predicted octanol–water partition coefficient (Wildman–Crippen LogP) is 4.58. The van der Waals surface area contributed by atoms with Gasteiger partial charge in [-0.2, -0.15) is 0 Å². The minimum absolute atomic E-state index is 0.0406. The molecule has 0 aliphatic carbocycles. The Morgan fingerprint density at radius 3 is 2.55 bits per heavy atom. The number of hydrogen-bond acceptors (Lipinski definition) is 2. The summed E-state index contributed by atoms with van der Waals surface area (Å²) in [6.45, 7) is 0. The van der Waals surface area contributed by atoms with E-state index in [4.69, 9.17) is 4.42 Å². The lowest BCUT2D eigenvalue weighted by atomic mass is 10.0. The number of benzene rings is 3. The van der Waals surface area contributed by atoms with Gasteiger partial charge in [0.25, 0.3) is 0 Å². The molecule has 104 valence electrons. The zero-order chi connectivity index (χ0) is 14.7. The quantitative estimate of drug-likeness (QED) is 0.334. The summed E-state index contributed by atoms with van der Waals surface area (Å²) in [5.41, 5.74) is 3.47. The van der Waals surface area contributed by atoms with Crippen LogP contribution in [0.4, 0.5) is 0 Å². The molecule has 3 heteroatoms. The van der Waals surface area contributed by atoms with Gasteiger partial charge < -0.3 is 9.40 Å². The van der Waals surface area contributed by atoms with Crippen molar-refractivity contribution >= 4 is 43.7 Å². The van der Waals surface area contributed by atoms with Gasteiger partial charge in [0.2, 0.25) is 0 Å². The molecule has 5 rings (SSSR count). The fraction of sp³-hybridized carbons (Fsp3) is 0. The third kappa shape index (κ3) is 1.42. The van der Waals surface area contributed by atoms with E-state index in [2.05, 4.69) is 17.1 Å². The molecule has 0 atom stereocenters. The summed E-state index contributed by atoms with van der Waals surface area (Å²) >= 11 is 0. The molecule has 1 N–H and O–H groups in total. The van der Waals surface area contributed by atoms with Crippen molar-refractivity contribution in [2.45, 2.75) is 0 Å². The smallest absolute Gasteiger partial charge is 0.182 e. The Balaban J connectivity index is 2.25. The van der Waals surface area contributed by atoms with Gasteiger partial charge in [-0.3, -0.25) is 4.79 Å². The molecule has 0 aliphatic rings. The Labute approximate surface area is 124 Å². The maximum absolute atomic E-state index is 11.7. The third-order valence-corrected chi connectivity index (χ3v) is 4.18. The molecule has 22 heavy (non-hydrogen) atoms. The molecule has 0 unspecified atom stereocenters. The van der Waals surface area contributed by atoms with Crippen LogP contribution in [0, 0.1) is 0 Å². The molecule has 0 amide bonds. The van der Waals surface area contributed by atoms with E-state index in [0.29, 0.717) is 5.58 Å².